The van der Waals surface area contributed by atoms with Crippen molar-refractivity contribution in [3.8, 4) is 0 Å². The fourth-order valence-electron chi connectivity index (χ4n) is 3.59. The van der Waals surface area contributed by atoms with Gasteiger partial charge >= 0.3 is 5.97 Å². The molecular weight excluding hydrogens is 400 g/mol. The minimum absolute atomic E-state index is 0.0290. The number of hydrogen-bond acceptors (Lipinski definition) is 5. The highest BCUT2D eigenvalue weighted by atomic mass is 79.9. The molecule has 0 amide bonds. The average Bonchev–Trinajstić information content (AvgIpc) is 2.61. The number of carbonyl (C=O) groups excluding carboxylic acids is 3. The molecule has 0 aromatic heterocycles. The molecule has 1 fully saturated rings. The summed E-state index contributed by atoms with van der Waals surface area (Å²) in [5.41, 5.74) is 1.90. The number of aldehydes is 1. The molecule has 26 heavy (non-hydrogen) atoms. The van der Waals surface area contributed by atoms with E-state index < -0.39 is 0 Å². The van der Waals surface area contributed by atoms with Gasteiger partial charge in [0.25, 0.3) is 0 Å². The summed E-state index contributed by atoms with van der Waals surface area (Å²) >= 11 is 3.04. The molecule has 0 unspecified atom stereocenters. The molecule has 0 N–H and O–H groups in total. The Bertz CT molecular complexity index is 552. The SMILES string of the molecule is CO[C@@H]1CCC[C@@H](/C(C)=C/C=O)[C@@H]1CC(=O)/C=C(/C)CCOC(=O)CBr. The van der Waals surface area contributed by atoms with Crippen molar-refractivity contribution in [2.24, 2.45) is 11.8 Å². The first-order valence-electron chi connectivity index (χ1n) is 8.99. The average molecular weight is 429 g/mol. The minimum Gasteiger partial charge on any atom is -0.465 e. The van der Waals surface area contributed by atoms with Gasteiger partial charge in [-0.05, 0) is 50.7 Å². The van der Waals surface area contributed by atoms with Gasteiger partial charge in [0.1, 0.15) is 11.6 Å². The Labute approximate surface area is 164 Å². The monoisotopic (exact) mass is 428 g/mol. The fourth-order valence-corrected chi connectivity index (χ4v) is 3.75. The number of ether oxygens (including phenoxy) is 2. The number of methoxy groups -OCH3 is 1. The highest BCUT2D eigenvalue weighted by Crippen LogP contribution is 2.38. The lowest BCUT2D eigenvalue weighted by Crippen LogP contribution is -2.36. The van der Waals surface area contributed by atoms with Gasteiger partial charge in [0.15, 0.2) is 5.78 Å². The number of esters is 1. The Kier molecular flexibility index (Phi) is 10.7. The van der Waals surface area contributed by atoms with Crippen LogP contribution in [0, 0.1) is 11.8 Å². The maximum Gasteiger partial charge on any atom is 0.316 e. The molecule has 0 heterocycles. The van der Waals surface area contributed by atoms with Crippen LogP contribution in [-0.2, 0) is 23.9 Å². The van der Waals surface area contributed by atoms with Gasteiger partial charge < -0.3 is 9.47 Å². The van der Waals surface area contributed by atoms with Crippen LogP contribution in [0.2, 0.25) is 0 Å². The quantitative estimate of drug-likeness (QED) is 0.229. The van der Waals surface area contributed by atoms with Gasteiger partial charge in [0, 0.05) is 20.0 Å². The van der Waals surface area contributed by atoms with E-state index in [1.165, 1.54) is 0 Å². The van der Waals surface area contributed by atoms with Crippen LogP contribution < -0.4 is 0 Å². The second kappa shape index (κ2) is 12.2. The molecule has 0 spiro atoms. The first-order valence-corrected chi connectivity index (χ1v) is 10.1. The van der Waals surface area contributed by atoms with Crippen LogP contribution in [-0.4, -0.2) is 43.2 Å². The van der Waals surface area contributed by atoms with Gasteiger partial charge in [-0.2, -0.15) is 0 Å². The molecule has 0 aliphatic heterocycles. The maximum atomic E-state index is 12.5. The molecule has 0 radical (unpaired) electrons. The molecule has 0 aromatic rings. The molecular formula is C20H29BrO5. The fraction of sp³-hybridized carbons (Fsp3) is 0.650. The maximum absolute atomic E-state index is 12.5. The number of halogens is 1. The number of alkyl halides is 1. The van der Waals surface area contributed by atoms with E-state index in [1.54, 1.807) is 19.3 Å². The number of rotatable bonds is 10. The van der Waals surface area contributed by atoms with Crippen LogP contribution in [0.5, 0.6) is 0 Å². The van der Waals surface area contributed by atoms with E-state index in [0.717, 1.165) is 36.7 Å². The first kappa shape index (κ1) is 22.8. The van der Waals surface area contributed by atoms with Crippen molar-refractivity contribution in [2.45, 2.75) is 52.1 Å². The molecule has 1 aliphatic rings. The third kappa shape index (κ3) is 7.54. The normalized spacial score (nSPS) is 24.2. The second-order valence-corrected chi connectivity index (χ2v) is 7.35. The van der Waals surface area contributed by atoms with Crippen molar-refractivity contribution in [1.29, 1.82) is 0 Å². The van der Waals surface area contributed by atoms with Gasteiger partial charge in [-0.3, -0.25) is 14.4 Å². The van der Waals surface area contributed by atoms with Crippen LogP contribution in [0.15, 0.2) is 23.3 Å². The Morgan fingerprint density at radius 2 is 1.96 bits per heavy atom. The smallest absolute Gasteiger partial charge is 0.316 e. The Hall–Kier alpha value is -1.27. The zero-order chi connectivity index (χ0) is 19.5. The lowest BCUT2D eigenvalue weighted by Gasteiger charge is -2.37. The summed E-state index contributed by atoms with van der Waals surface area (Å²) in [5.74, 6) is 0.00545. The topological polar surface area (TPSA) is 69.7 Å². The molecule has 5 nitrogen and oxygen atoms in total. The Morgan fingerprint density at radius 3 is 2.58 bits per heavy atom. The molecule has 3 atom stereocenters. The predicted molar refractivity (Wildman–Crippen MR) is 104 cm³/mol. The van der Waals surface area contributed by atoms with Gasteiger partial charge in [0.05, 0.1) is 12.7 Å². The van der Waals surface area contributed by atoms with Gasteiger partial charge in [0.2, 0.25) is 0 Å². The summed E-state index contributed by atoms with van der Waals surface area (Å²) in [5, 5.41) is 0.170. The molecule has 6 heteroatoms. The predicted octanol–water partition coefficient (Wildman–Crippen LogP) is 3.80. The largest absolute Gasteiger partial charge is 0.465 e. The zero-order valence-corrected chi connectivity index (χ0v) is 17.4. The molecule has 0 saturated heterocycles. The van der Waals surface area contributed by atoms with E-state index in [1.807, 2.05) is 13.8 Å². The van der Waals surface area contributed by atoms with E-state index >= 15 is 0 Å². The number of allylic oxidation sites excluding steroid dienone is 3. The first-order chi connectivity index (χ1) is 12.4. The van der Waals surface area contributed by atoms with Gasteiger partial charge in [-0.25, -0.2) is 0 Å². The highest BCUT2D eigenvalue weighted by molar-refractivity contribution is 9.09. The molecule has 0 aromatic carbocycles. The minimum atomic E-state index is -0.311. The lowest BCUT2D eigenvalue weighted by atomic mass is 9.71. The summed E-state index contributed by atoms with van der Waals surface area (Å²) in [6.45, 7) is 4.09. The van der Waals surface area contributed by atoms with Crippen molar-refractivity contribution in [2.75, 3.05) is 19.0 Å². The summed E-state index contributed by atoms with van der Waals surface area (Å²) < 4.78 is 10.6. The van der Waals surface area contributed by atoms with Crippen LogP contribution in [0.4, 0.5) is 0 Å². The molecule has 1 rings (SSSR count). The Balaban J connectivity index is 2.72. The Morgan fingerprint density at radius 1 is 1.23 bits per heavy atom. The number of ketones is 1. The van der Waals surface area contributed by atoms with Crippen LogP contribution in [0.3, 0.4) is 0 Å². The summed E-state index contributed by atoms with van der Waals surface area (Å²) in [4.78, 5) is 34.5. The molecule has 0 bridgehead atoms. The van der Waals surface area contributed by atoms with E-state index in [0.29, 0.717) is 12.8 Å². The number of hydrogen-bond donors (Lipinski definition) is 0. The van der Waals surface area contributed by atoms with E-state index in [2.05, 4.69) is 15.9 Å². The van der Waals surface area contributed by atoms with Crippen molar-refractivity contribution < 1.29 is 23.9 Å². The van der Waals surface area contributed by atoms with Crippen molar-refractivity contribution in [1.82, 2.24) is 0 Å². The van der Waals surface area contributed by atoms with Gasteiger partial charge in [-0.15, -0.1) is 0 Å². The van der Waals surface area contributed by atoms with Crippen LogP contribution in [0.1, 0.15) is 46.0 Å². The summed E-state index contributed by atoms with van der Waals surface area (Å²) in [7, 11) is 1.68. The van der Waals surface area contributed by atoms with Crippen LogP contribution in [0.25, 0.3) is 0 Å². The third-order valence-electron chi connectivity index (χ3n) is 4.93. The lowest BCUT2D eigenvalue weighted by molar-refractivity contribution is -0.140. The molecule has 1 saturated carbocycles. The molecule has 146 valence electrons. The van der Waals surface area contributed by atoms with E-state index in [-0.39, 0.29) is 41.6 Å². The van der Waals surface area contributed by atoms with Crippen LogP contribution >= 0.6 is 15.9 Å². The zero-order valence-electron chi connectivity index (χ0n) is 15.8. The second-order valence-electron chi connectivity index (χ2n) is 6.79. The van der Waals surface area contributed by atoms with Crippen molar-refractivity contribution in [3.63, 3.8) is 0 Å². The standard InChI is InChI=1S/C20H29BrO5/c1-14(8-10-26-20(24)13-21)11-16(23)12-18-17(15(2)7-9-22)5-4-6-19(18)25-3/h7,9,11,17-19H,4-6,8,10,12-13H2,1-3H3/b14-11-,15-7+/t17-,18-,19+/m0/s1. The highest BCUT2D eigenvalue weighted by Gasteiger charge is 2.35. The summed E-state index contributed by atoms with van der Waals surface area (Å²) in [6, 6.07) is 0. The third-order valence-corrected chi connectivity index (χ3v) is 5.39. The van der Waals surface area contributed by atoms with Crippen molar-refractivity contribution >= 4 is 34.0 Å². The van der Waals surface area contributed by atoms with E-state index in [4.69, 9.17) is 9.47 Å². The van der Waals surface area contributed by atoms with Crippen molar-refractivity contribution in [3.05, 3.63) is 23.3 Å². The molecule has 1 aliphatic carbocycles. The number of carbonyl (C=O) groups is 3. The van der Waals surface area contributed by atoms with E-state index in [9.17, 15) is 14.4 Å². The van der Waals surface area contributed by atoms with Gasteiger partial charge in [-0.1, -0.05) is 33.5 Å². The summed E-state index contributed by atoms with van der Waals surface area (Å²) in [6.07, 6.45) is 7.94.